The number of rotatable bonds is 4. The predicted molar refractivity (Wildman–Crippen MR) is 91.7 cm³/mol. The molecule has 0 saturated carbocycles. The summed E-state index contributed by atoms with van der Waals surface area (Å²) in [6.45, 7) is 1.91. The van der Waals surface area contributed by atoms with Gasteiger partial charge in [0.05, 0.1) is 15.5 Å². The number of ether oxygens (including phenoxy) is 1. The van der Waals surface area contributed by atoms with E-state index in [0.717, 1.165) is 5.56 Å². The first-order valence-electron chi connectivity index (χ1n) is 6.96. The van der Waals surface area contributed by atoms with Gasteiger partial charge in [0, 0.05) is 33.4 Å². The number of benzene rings is 1. The van der Waals surface area contributed by atoms with Gasteiger partial charge in [-0.25, -0.2) is 0 Å². The molecule has 1 aliphatic rings. The van der Waals surface area contributed by atoms with Crippen molar-refractivity contribution in [2.24, 2.45) is 11.1 Å². The minimum atomic E-state index is -0.516. The quantitative estimate of drug-likeness (QED) is 0.889. The van der Waals surface area contributed by atoms with Gasteiger partial charge >= 0.3 is 0 Å². The first-order valence-corrected chi connectivity index (χ1v) is 7.72. The van der Waals surface area contributed by atoms with Gasteiger partial charge in [-0.2, -0.15) is 0 Å². The van der Waals surface area contributed by atoms with Gasteiger partial charge in [0.15, 0.2) is 0 Å². The van der Waals surface area contributed by atoms with Gasteiger partial charge in [0.2, 0.25) is 5.91 Å². The summed E-state index contributed by atoms with van der Waals surface area (Å²) in [5, 5.41) is 0.988. The number of hydrogen-bond acceptors (Lipinski definition) is 3. The van der Waals surface area contributed by atoms with Gasteiger partial charge in [-0.05, 0) is 24.5 Å². The number of nitrogens with two attached hydrogens (primary N) is 1. The third-order valence-corrected chi connectivity index (χ3v) is 4.94. The van der Waals surface area contributed by atoms with Gasteiger partial charge in [-0.1, -0.05) is 35.3 Å². The number of carbonyl (C=O) groups excluding carboxylic acids is 1. The van der Waals surface area contributed by atoms with Crippen molar-refractivity contribution in [1.29, 1.82) is 0 Å². The third-order valence-electron chi connectivity index (χ3n) is 4.08. The van der Waals surface area contributed by atoms with Crippen LogP contribution < -0.4 is 5.73 Å². The number of nitrogens with zero attached hydrogens (tertiary/aromatic N) is 1. The van der Waals surface area contributed by atoms with Crippen LogP contribution in [0.25, 0.3) is 0 Å². The minimum Gasteiger partial charge on any atom is -0.381 e. The maximum Gasteiger partial charge on any atom is 0.230 e. The smallest absolute Gasteiger partial charge is 0.230 e. The van der Waals surface area contributed by atoms with Crippen LogP contribution in [0.3, 0.4) is 0 Å². The summed E-state index contributed by atoms with van der Waals surface area (Å²) in [7, 11) is 1.77. The van der Waals surface area contributed by atoms with Gasteiger partial charge < -0.3 is 15.4 Å². The molecular formula is C15H21Cl3N2O2. The van der Waals surface area contributed by atoms with Crippen molar-refractivity contribution in [3.63, 3.8) is 0 Å². The second kappa shape index (κ2) is 8.37. The van der Waals surface area contributed by atoms with Crippen LogP contribution >= 0.6 is 35.6 Å². The molecule has 124 valence electrons. The number of carbonyl (C=O) groups is 1. The molecule has 2 N–H and O–H groups in total. The fraction of sp³-hybridized carbons (Fsp3) is 0.533. The molecule has 2 rings (SSSR count). The van der Waals surface area contributed by atoms with Crippen molar-refractivity contribution in [1.82, 2.24) is 4.90 Å². The molecule has 1 heterocycles. The van der Waals surface area contributed by atoms with Crippen LogP contribution in [0.2, 0.25) is 10.0 Å². The van der Waals surface area contributed by atoms with E-state index in [9.17, 15) is 4.79 Å². The van der Waals surface area contributed by atoms with Crippen molar-refractivity contribution in [3.8, 4) is 0 Å². The lowest BCUT2D eigenvalue weighted by Gasteiger charge is -2.37. The highest BCUT2D eigenvalue weighted by molar-refractivity contribution is 6.42. The molecule has 1 aliphatic heterocycles. The Hall–Kier alpha value is -0.520. The van der Waals surface area contributed by atoms with Gasteiger partial charge in [0.25, 0.3) is 0 Å². The molecule has 1 fully saturated rings. The van der Waals surface area contributed by atoms with Crippen LogP contribution in [-0.4, -0.2) is 37.6 Å². The second-order valence-corrected chi connectivity index (χ2v) is 6.26. The minimum absolute atomic E-state index is 0. The molecule has 0 spiro atoms. The van der Waals surface area contributed by atoms with Gasteiger partial charge in [-0.15, -0.1) is 12.4 Å². The van der Waals surface area contributed by atoms with E-state index in [1.807, 2.05) is 12.1 Å². The summed E-state index contributed by atoms with van der Waals surface area (Å²) in [5.41, 5.74) is 6.19. The Morgan fingerprint density at radius 3 is 2.59 bits per heavy atom. The molecule has 1 amide bonds. The summed E-state index contributed by atoms with van der Waals surface area (Å²) in [6.07, 6.45) is 1.33. The topological polar surface area (TPSA) is 55.6 Å². The number of halogens is 3. The van der Waals surface area contributed by atoms with Crippen LogP contribution in [0.4, 0.5) is 0 Å². The fourth-order valence-electron chi connectivity index (χ4n) is 2.67. The lowest BCUT2D eigenvalue weighted by Crippen LogP contribution is -2.49. The highest BCUT2D eigenvalue weighted by Gasteiger charge is 2.40. The van der Waals surface area contributed by atoms with Gasteiger partial charge in [0.1, 0.15) is 0 Å². The lowest BCUT2D eigenvalue weighted by molar-refractivity contribution is -0.146. The Balaban J connectivity index is 0.00000242. The van der Waals surface area contributed by atoms with Crippen molar-refractivity contribution in [2.45, 2.75) is 19.4 Å². The first kappa shape index (κ1) is 19.5. The average Bonchev–Trinajstić information content (AvgIpc) is 2.51. The van der Waals surface area contributed by atoms with Crippen molar-refractivity contribution in [2.75, 3.05) is 26.8 Å². The molecular weight excluding hydrogens is 347 g/mol. The van der Waals surface area contributed by atoms with Crippen LogP contribution in [0, 0.1) is 5.41 Å². The zero-order valence-corrected chi connectivity index (χ0v) is 14.8. The van der Waals surface area contributed by atoms with E-state index in [-0.39, 0.29) is 18.3 Å². The molecule has 1 aromatic carbocycles. The van der Waals surface area contributed by atoms with Crippen LogP contribution in [0.15, 0.2) is 18.2 Å². The molecule has 4 nitrogen and oxygen atoms in total. The van der Waals surface area contributed by atoms with E-state index in [1.165, 1.54) is 0 Å². The van der Waals surface area contributed by atoms with Crippen molar-refractivity contribution >= 4 is 41.5 Å². The zero-order valence-electron chi connectivity index (χ0n) is 12.5. The number of amides is 1. The van der Waals surface area contributed by atoms with E-state index in [1.54, 1.807) is 18.0 Å². The normalized spacial score (nSPS) is 16.7. The summed E-state index contributed by atoms with van der Waals surface area (Å²) < 4.78 is 5.34. The van der Waals surface area contributed by atoms with Gasteiger partial charge in [-0.3, -0.25) is 4.79 Å². The van der Waals surface area contributed by atoms with E-state index >= 15 is 0 Å². The molecule has 22 heavy (non-hydrogen) atoms. The van der Waals surface area contributed by atoms with Crippen LogP contribution in [0.5, 0.6) is 0 Å². The Morgan fingerprint density at radius 2 is 2.00 bits per heavy atom. The van der Waals surface area contributed by atoms with Crippen molar-refractivity contribution in [3.05, 3.63) is 33.8 Å². The molecule has 7 heteroatoms. The molecule has 1 aromatic rings. The highest BCUT2D eigenvalue weighted by atomic mass is 35.5. The summed E-state index contributed by atoms with van der Waals surface area (Å²) in [6, 6.07) is 5.43. The zero-order chi connectivity index (χ0) is 15.5. The maximum atomic E-state index is 12.8. The Labute approximate surface area is 147 Å². The summed E-state index contributed by atoms with van der Waals surface area (Å²) >= 11 is 12.2. The SMILES string of the molecule is CN(Cc1cccc(Cl)c1Cl)C(=O)C1(CN)CCOCC1.Cl. The van der Waals surface area contributed by atoms with E-state index < -0.39 is 5.41 Å². The Bertz CT molecular complexity index is 520. The van der Waals surface area contributed by atoms with E-state index in [4.69, 9.17) is 33.7 Å². The van der Waals surface area contributed by atoms with Crippen molar-refractivity contribution < 1.29 is 9.53 Å². The molecule has 0 aromatic heterocycles. The average molecular weight is 368 g/mol. The number of hydrogen-bond donors (Lipinski definition) is 1. The molecule has 0 unspecified atom stereocenters. The first-order chi connectivity index (χ1) is 10.00. The fourth-order valence-corrected chi connectivity index (χ4v) is 3.05. The highest BCUT2D eigenvalue weighted by Crippen LogP contribution is 2.33. The van der Waals surface area contributed by atoms with Crippen LogP contribution in [0.1, 0.15) is 18.4 Å². The third kappa shape index (κ3) is 4.06. The monoisotopic (exact) mass is 366 g/mol. The Morgan fingerprint density at radius 1 is 1.36 bits per heavy atom. The summed E-state index contributed by atoms with van der Waals surface area (Å²) in [4.78, 5) is 14.4. The maximum absolute atomic E-state index is 12.8. The largest absolute Gasteiger partial charge is 0.381 e. The molecule has 0 radical (unpaired) electrons. The van der Waals surface area contributed by atoms with E-state index in [0.29, 0.717) is 49.2 Å². The van der Waals surface area contributed by atoms with Crippen LogP contribution in [-0.2, 0) is 16.1 Å². The standard InChI is InChI=1S/C15H20Cl2N2O2.ClH/c1-19(9-11-3-2-4-12(16)13(11)17)14(20)15(10-18)5-7-21-8-6-15;/h2-4H,5-10,18H2,1H3;1H. The predicted octanol–water partition coefficient (Wildman–Crippen LogP) is 3.13. The lowest BCUT2D eigenvalue weighted by atomic mass is 9.79. The molecule has 0 atom stereocenters. The molecule has 1 saturated heterocycles. The molecule has 0 bridgehead atoms. The molecule has 0 aliphatic carbocycles. The second-order valence-electron chi connectivity index (χ2n) is 5.47. The van der Waals surface area contributed by atoms with E-state index in [2.05, 4.69) is 0 Å². The summed E-state index contributed by atoms with van der Waals surface area (Å²) in [5.74, 6) is 0.0457. The Kier molecular flexibility index (Phi) is 7.42.